The topological polar surface area (TPSA) is 26.3 Å². The second kappa shape index (κ2) is 7.42. The van der Waals surface area contributed by atoms with Crippen molar-refractivity contribution in [2.75, 3.05) is 0 Å². The zero-order valence-corrected chi connectivity index (χ0v) is 13.5. The molecular weight excluding hydrogens is 296 g/mol. The molecule has 0 radical (unpaired) electrons. The smallest absolute Gasteiger partial charge is 0.343 e. The molecule has 0 aromatic heterocycles. The molecule has 0 aliphatic heterocycles. The highest BCUT2D eigenvalue weighted by Gasteiger charge is 2.12. The van der Waals surface area contributed by atoms with Crippen molar-refractivity contribution < 1.29 is 9.53 Å². The average molecular weight is 314 g/mol. The largest absolute Gasteiger partial charge is 0.422 e. The Kier molecular flexibility index (Phi) is 4.87. The molecule has 24 heavy (non-hydrogen) atoms. The van der Waals surface area contributed by atoms with Crippen molar-refractivity contribution in [3.63, 3.8) is 0 Å². The van der Waals surface area contributed by atoms with Gasteiger partial charge in [0.1, 0.15) is 5.76 Å². The number of hydrogen-bond donors (Lipinski definition) is 0. The lowest BCUT2D eigenvalue weighted by Gasteiger charge is -2.10. The number of benzene rings is 3. The molecule has 0 saturated carbocycles. The van der Waals surface area contributed by atoms with Crippen LogP contribution in [0.4, 0.5) is 0 Å². The maximum atomic E-state index is 12.5. The van der Waals surface area contributed by atoms with Crippen molar-refractivity contribution in [2.45, 2.75) is 6.92 Å². The van der Waals surface area contributed by atoms with Gasteiger partial charge in [0.05, 0.1) is 5.56 Å². The normalized spacial score (nSPS) is 11.1. The molecule has 0 N–H and O–H groups in total. The van der Waals surface area contributed by atoms with E-state index in [1.165, 1.54) is 0 Å². The lowest BCUT2D eigenvalue weighted by molar-refractivity contribution is 0.0693. The van der Waals surface area contributed by atoms with Crippen molar-refractivity contribution in [2.24, 2.45) is 0 Å². The SMILES string of the molecule is Cc1ccc(C(=O)O/C(=C\c2ccccc2)c2ccccc2)cc1. The summed E-state index contributed by atoms with van der Waals surface area (Å²) < 4.78 is 5.69. The molecule has 0 saturated heterocycles. The predicted octanol–water partition coefficient (Wildman–Crippen LogP) is 5.35. The van der Waals surface area contributed by atoms with E-state index in [9.17, 15) is 4.79 Å². The van der Waals surface area contributed by atoms with Crippen LogP contribution >= 0.6 is 0 Å². The number of rotatable bonds is 4. The second-order valence-electron chi connectivity index (χ2n) is 5.54. The number of aryl methyl sites for hydroxylation is 1. The van der Waals surface area contributed by atoms with Gasteiger partial charge >= 0.3 is 5.97 Å². The van der Waals surface area contributed by atoms with Gasteiger partial charge in [-0.3, -0.25) is 0 Å². The Hall–Kier alpha value is -3.13. The van der Waals surface area contributed by atoms with E-state index < -0.39 is 0 Å². The molecule has 0 unspecified atom stereocenters. The molecule has 0 aliphatic carbocycles. The fourth-order valence-electron chi connectivity index (χ4n) is 2.32. The molecule has 0 atom stereocenters. The van der Waals surface area contributed by atoms with Crippen molar-refractivity contribution >= 4 is 17.8 Å². The average Bonchev–Trinajstić information content (AvgIpc) is 2.63. The molecule has 0 fully saturated rings. The number of esters is 1. The fourth-order valence-corrected chi connectivity index (χ4v) is 2.32. The third-order valence-corrected chi connectivity index (χ3v) is 3.65. The van der Waals surface area contributed by atoms with Crippen LogP contribution in [0.3, 0.4) is 0 Å². The molecule has 2 heteroatoms. The summed E-state index contributed by atoms with van der Waals surface area (Å²) in [6.07, 6.45) is 1.88. The zero-order chi connectivity index (χ0) is 16.8. The van der Waals surface area contributed by atoms with E-state index in [2.05, 4.69) is 0 Å². The number of carbonyl (C=O) groups is 1. The molecule has 3 aromatic rings. The second-order valence-corrected chi connectivity index (χ2v) is 5.54. The van der Waals surface area contributed by atoms with Gasteiger partial charge in [0.2, 0.25) is 0 Å². The molecule has 0 amide bonds. The first kappa shape index (κ1) is 15.8. The molecule has 0 aliphatic rings. The van der Waals surface area contributed by atoms with Crippen LogP contribution in [0.1, 0.15) is 27.0 Å². The first-order valence-electron chi connectivity index (χ1n) is 7.83. The van der Waals surface area contributed by atoms with E-state index in [-0.39, 0.29) is 5.97 Å². The summed E-state index contributed by atoms with van der Waals surface area (Å²) in [5, 5.41) is 0. The number of carbonyl (C=O) groups excluding carboxylic acids is 1. The van der Waals surface area contributed by atoms with Gasteiger partial charge < -0.3 is 4.74 Å². The van der Waals surface area contributed by atoms with Gasteiger partial charge in [0, 0.05) is 5.56 Å². The van der Waals surface area contributed by atoms with Crippen LogP contribution in [-0.2, 0) is 4.74 Å². The number of ether oxygens (including phenoxy) is 1. The zero-order valence-electron chi connectivity index (χ0n) is 13.5. The van der Waals surface area contributed by atoms with Gasteiger partial charge in [-0.05, 0) is 30.7 Å². The molecule has 118 valence electrons. The Morgan fingerprint density at radius 2 is 1.33 bits per heavy atom. The Morgan fingerprint density at radius 1 is 0.750 bits per heavy atom. The Bertz CT molecular complexity index is 832. The van der Waals surface area contributed by atoms with Gasteiger partial charge in [-0.25, -0.2) is 4.79 Å². The minimum absolute atomic E-state index is 0.360. The standard InChI is InChI=1S/C22H18O2/c1-17-12-14-20(15-13-17)22(23)24-21(19-10-6-3-7-11-19)16-18-8-4-2-5-9-18/h2-16H,1H3/b21-16-. The van der Waals surface area contributed by atoms with Crippen molar-refractivity contribution in [1.82, 2.24) is 0 Å². The van der Waals surface area contributed by atoms with Crippen LogP contribution in [0.15, 0.2) is 84.9 Å². The van der Waals surface area contributed by atoms with Crippen LogP contribution < -0.4 is 0 Å². The van der Waals surface area contributed by atoms with Crippen LogP contribution in [0.25, 0.3) is 11.8 Å². The maximum absolute atomic E-state index is 12.5. The van der Waals surface area contributed by atoms with E-state index in [1.807, 2.05) is 85.8 Å². The minimum Gasteiger partial charge on any atom is -0.422 e. The lowest BCUT2D eigenvalue weighted by Crippen LogP contribution is -2.04. The third kappa shape index (κ3) is 3.99. The van der Waals surface area contributed by atoms with Crippen molar-refractivity contribution in [3.8, 4) is 0 Å². The summed E-state index contributed by atoms with van der Waals surface area (Å²) in [6.45, 7) is 1.99. The molecule has 3 aromatic carbocycles. The summed E-state index contributed by atoms with van der Waals surface area (Å²) in [5.41, 5.74) is 3.49. The Balaban J connectivity index is 1.92. The fraction of sp³-hybridized carbons (Fsp3) is 0.0455. The van der Waals surface area contributed by atoms with E-state index in [1.54, 1.807) is 12.1 Å². The summed E-state index contributed by atoms with van der Waals surface area (Å²) in [6, 6.07) is 26.8. The van der Waals surface area contributed by atoms with Crippen molar-refractivity contribution in [1.29, 1.82) is 0 Å². The van der Waals surface area contributed by atoms with Crippen molar-refractivity contribution in [3.05, 3.63) is 107 Å². The maximum Gasteiger partial charge on any atom is 0.343 e. The monoisotopic (exact) mass is 314 g/mol. The minimum atomic E-state index is -0.360. The molecule has 2 nitrogen and oxygen atoms in total. The Morgan fingerprint density at radius 3 is 1.96 bits per heavy atom. The highest BCUT2D eigenvalue weighted by molar-refractivity contribution is 5.95. The van der Waals surface area contributed by atoms with Gasteiger partial charge in [-0.2, -0.15) is 0 Å². The van der Waals surface area contributed by atoms with Crippen LogP contribution in [-0.4, -0.2) is 5.97 Å². The van der Waals surface area contributed by atoms with Crippen LogP contribution in [0, 0.1) is 6.92 Å². The van der Waals surface area contributed by atoms with Crippen LogP contribution in [0.2, 0.25) is 0 Å². The summed E-state index contributed by atoms with van der Waals surface area (Å²) >= 11 is 0. The highest BCUT2D eigenvalue weighted by atomic mass is 16.5. The van der Waals surface area contributed by atoms with Gasteiger partial charge in [-0.1, -0.05) is 78.4 Å². The molecule has 3 rings (SSSR count). The van der Waals surface area contributed by atoms with E-state index in [4.69, 9.17) is 4.74 Å². The van der Waals surface area contributed by atoms with Gasteiger partial charge in [0.25, 0.3) is 0 Å². The lowest BCUT2D eigenvalue weighted by atomic mass is 10.1. The van der Waals surface area contributed by atoms with Gasteiger partial charge in [-0.15, -0.1) is 0 Å². The van der Waals surface area contributed by atoms with E-state index >= 15 is 0 Å². The van der Waals surface area contributed by atoms with E-state index in [0.29, 0.717) is 11.3 Å². The summed E-state index contributed by atoms with van der Waals surface area (Å²) in [7, 11) is 0. The molecule has 0 spiro atoms. The molecule has 0 heterocycles. The quantitative estimate of drug-likeness (QED) is 0.368. The van der Waals surface area contributed by atoms with Crippen LogP contribution in [0.5, 0.6) is 0 Å². The Labute approximate surface area is 142 Å². The third-order valence-electron chi connectivity index (χ3n) is 3.65. The van der Waals surface area contributed by atoms with E-state index in [0.717, 1.165) is 16.7 Å². The first-order valence-corrected chi connectivity index (χ1v) is 7.83. The summed E-state index contributed by atoms with van der Waals surface area (Å²) in [4.78, 5) is 12.5. The predicted molar refractivity (Wildman–Crippen MR) is 97.3 cm³/mol. The first-order chi connectivity index (χ1) is 11.7. The highest BCUT2D eigenvalue weighted by Crippen LogP contribution is 2.21. The van der Waals surface area contributed by atoms with Gasteiger partial charge in [0.15, 0.2) is 0 Å². The molecular formula is C22H18O2. The number of hydrogen-bond acceptors (Lipinski definition) is 2. The molecule has 0 bridgehead atoms. The summed E-state index contributed by atoms with van der Waals surface area (Å²) in [5.74, 6) is 0.174.